The Balaban J connectivity index is 1.80. The number of benzene rings is 2. The summed E-state index contributed by atoms with van der Waals surface area (Å²) in [5.74, 6) is 0.432. The van der Waals surface area contributed by atoms with Crippen LogP contribution in [0.15, 0.2) is 42.5 Å². The summed E-state index contributed by atoms with van der Waals surface area (Å²) in [6, 6.07) is 12.3. The van der Waals surface area contributed by atoms with Crippen LogP contribution >= 0.6 is 11.6 Å². The maximum absolute atomic E-state index is 12.4. The zero-order valence-corrected chi connectivity index (χ0v) is 15.5. The van der Waals surface area contributed by atoms with E-state index < -0.39 is 0 Å². The first-order chi connectivity index (χ1) is 12.5. The van der Waals surface area contributed by atoms with Gasteiger partial charge in [0.2, 0.25) is 0 Å². The minimum absolute atomic E-state index is 0.0256. The highest BCUT2D eigenvalue weighted by atomic mass is 35.5. The van der Waals surface area contributed by atoms with Crippen LogP contribution in [0.1, 0.15) is 36.2 Å². The number of hydrogen-bond acceptors (Lipinski definition) is 3. The lowest BCUT2D eigenvalue weighted by atomic mass is 10.1. The summed E-state index contributed by atoms with van der Waals surface area (Å²) in [5.41, 5.74) is 2.06. The molecule has 1 N–H and O–H groups in total. The average Bonchev–Trinajstić information content (AvgIpc) is 2.80. The lowest BCUT2D eigenvalue weighted by Gasteiger charge is -2.26. The van der Waals surface area contributed by atoms with Crippen LogP contribution in [0, 0.1) is 0 Å². The van der Waals surface area contributed by atoms with Crippen molar-refractivity contribution in [1.82, 2.24) is 4.90 Å². The highest BCUT2D eigenvalue weighted by Crippen LogP contribution is 2.28. The minimum Gasteiger partial charge on any atom is -0.483 e. The number of ether oxygens (including phenoxy) is 1. The van der Waals surface area contributed by atoms with E-state index in [9.17, 15) is 9.59 Å². The third-order valence-electron chi connectivity index (χ3n) is 4.56. The van der Waals surface area contributed by atoms with Crippen molar-refractivity contribution in [2.24, 2.45) is 0 Å². The number of hydrogen-bond donors (Lipinski definition) is 1. The van der Waals surface area contributed by atoms with Gasteiger partial charge >= 0.3 is 0 Å². The monoisotopic (exact) mass is 372 g/mol. The number of carbonyl (C=O) groups excluding carboxylic acids is 2. The number of amides is 2. The minimum atomic E-state index is -0.217. The molecule has 1 heterocycles. The first-order valence-electron chi connectivity index (χ1n) is 8.60. The van der Waals surface area contributed by atoms with Crippen LogP contribution < -0.4 is 10.1 Å². The van der Waals surface area contributed by atoms with E-state index in [1.165, 1.54) is 0 Å². The van der Waals surface area contributed by atoms with Crippen LogP contribution in [0.2, 0.25) is 5.02 Å². The number of carbonyl (C=O) groups is 2. The Morgan fingerprint density at radius 3 is 2.69 bits per heavy atom. The number of nitrogens with one attached hydrogen (secondary N) is 1. The molecule has 0 saturated heterocycles. The Labute approximate surface area is 157 Å². The van der Waals surface area contributed by atoms with Gasteiger partial charge in [-0.3, -0.25) is 9.59 Å². The van der Waals surface area contributed by atoms with Crippen LogP contribution in [0.4, 0.5) is 5.69 Å². The summed E-state index contributed by atoms with van der Waals surface area (Å²) >= 11 is 5.86. The van der Waals surface area contributed by atoms with Gasteiger partial charge in [0.1, 0.15) is 5.75 Å². The van der Waals surface area contributed by atoms with Crippen molar-refractivity contribution in [2.75, 3.05) is 11.9 Å². The summed E-state index contributed by atoms with van der Waals surface area (Å²) in [6.45, 7) is 4.57. The zero-order valence-electron chi connectivity index (χ0n) is 14.8. The summed E-state index contributed by atoms with van der Waals surface area (Å²) in [7, 11) is 0. The smallest absolute Gasteiger partial charge is 0.261 e. The van der Waals surface area contributed by atoms with Gasteiger partial charge in [-0.05, 0) is 55.8 Å². The van der Waals surface area contributed by atoms with E-state index in [0.717, 1.165) is 12.0 Å². The van der Waals surface area contributed by atoms with E-state index in [1.807, 2.05) is 24.8 Å². The van der Waals surface area contributed by atoms with Gasteiger partial charge in [0.25, 0.3) is 11.8 Å². The summed E-state index contributed by atoms with van der Waals surface area (Å²) in [6.07, 6.45) is 0.869. The van der Waals surface area contributed by atoms with Gasteiger partial charge in [-0.15, -0.1) is 0 Å². The molecule has 0 aliphatic carbocycles. The zero-order chi connectivity index (χ0) is 18.7. The van der Waals surface area contributed by atoms with Crippen LogP contribution in [0.25, 0.3) is 0 Å². The highest BCUT2D eigenvalue weighted by Gasteiger charge is 2.25. The predicted molar refractivity (Wildman–Crippen MR) is 102 cm³/mol. The molecule has 0 radical (unpaired) electrons. The number of rotatable bonds is 4. The maximum Gasteiger partial charge on any atom is 0.261 e. The lowest BCUT2D eigenvalue weighted by Crippen LogP contribution is -2.39. The van der Waals surface area contributed by atoms with E-state index in [2.05, 4.69) is 5.32 Å². The normalized spacial score (nSPS) is 14.9. The number of nitrogens with zero attached hydrogens (tertiary/aromatic N) is 1. The molecule has 136 valence electrons. The predicted octanol–water partition coefficient (Wildman–Crippen LogP) is 4.11. The molecule has 1 atom stereocenters. The van der Waals surface area contributed by atoms with Gasteiger partial charge in [0.15, 0.2) is 6.61 Å². The van der Waals surface area contributed by atoms with E-state index in [-0.39, 0.29) is 24.5 Å². The average molecular weight is 373 g/mol. The molecule has 0 bridgehead atoms. The molecule has 1 aliphatic heterocycles. The molecule has 26 heavy (non-hydrogen) atoms. The standard InChI is InChI=1S/C20H21ClN2O3/c1-3-13(2)23-11-15-10-17(8-9-18(15)26-12-19(23)24)22-20(25)14-4-6-16(21)7-5-14/h4-10,13H,3,11-12H2,1-2H3,(H,22,25)/t13-/m1/s1. The maximum atomic E-state index is 12.4. The quantitative estimate of drug-likeness (QED) is 0.878. The fourth-order valence-electron chi connectivity index (χ4n) is 2.84. The molecule has 5 nitrogen and oxygen atoms in total. The molecule has 0 unspecified atom stereocenters. The summed E-state index contributed by atoms with van der Waals surface area (Å²) in [5, 5.41) is 3.46. The first-order valence-corrected chi connectivity index (χ1v) is 8.98. The van der Waals surface area contributed by atoms with Crippen molar-refractivity contribution < 1.29 is 14.3 Å². The molecule has 0 fully saturated rings. The van der Waals surface area contributed by atoms with Gasteiger partial charge in [-0.2, -0.15) is 0 Å². The molecule has 0 aromatic heterocycles. The second-order valence-electron chi connectivity index (χ2n) is 6.35. The van der Waals surface area contributed by atoms with Crippen LogP contribution in [-0.4, -0.2) is 29.4 Å². The fraction of sp³-hybridized carbons (Fsp3) is 0.300. The molecular weight excluding hydrogens is 352 g/mol. The van der Waals surface area contributed by atoms with Crippen molar-refractivity contribution >= 4 is 29.1 Å². The molecule has 2 aromatic carbocycles. The molecule has 0 spiro atoms. The molecule has 6 heteroatoms. The summed E-state index contributed by atoms with van der Waals surface area (Å²) in [4.78, 5) is 26.5. The topological polar surface area (TPSA) is 58.6 Å². The Bertz CT molecular complexity index is 820. The fourth-order valence-corrected chi connectivity index (χ4v) is 2.97. The van der Waals surface area contributed by atoms with Crippen LogP contribution in [0.5, 0.6) is 5.75 Å². The van der Waals surface area contributed by atoms with Crippen LogP contribution in [0.3, 0.4) is 0 Å². The highest BCUT2D eigenvalue weighted by molar-refractivity contribution is 6.30. The SMILES string of the molecule is CC[C@@H](C)N1Cc2cc(NC(=O)c3ccc(Cl)cc3)ccc2OCC1=O. The summed E-state index contributed by atoms with van der Waals surface area (Å²) < 4.78 is 5.62. The van der Waals surface area contributed by atoms with E-state index in [4.69, 9.17) is 16.3 Å². The van der Waals surface area contributed by atoms with Crippen molar-refractivity contribution in [3.63, 3.8) is 0 Å². The second-order valence-corrected chi connectivity index (χ2v) is 6.79. The van der Waals surface area contributed by atoms with Crippen molar-refractivity contribution in [3.05, 3.63) is 58.6 Å². The third kappa shape index (κ3) is 3.99. The Morgan fingerprint density at radius 2 is 2.00 bits per heavy atom. The number of halogens is 1. The molecule has 2 amide bonds. The number of fused-ring (bicyclic) bond motifs is 1. The van der Waals surface area contributed by atoms with Gasteiger partial charge in [-0.25, -0.2) is 0 Å². The van der Waals surface area contributed by atoms with Gasteiger partial charge in [-0.1, -0.05) is 18.5 Å². The Hall–Kier alpha value is -2.53. The molecule has 3 rings (SSSR count). The van der Waals surface area contributed by atoms with E-state index in [1.54, 1.807) is 36.4 Å². The third-order valence-corrected chi connectivity index (χ3v) is 4.81. The first kappa shape index (κ1) is 18.3. The van der Waals surface area contributed by atoms with Crippen molar-refractivity contribution in [2.45, 2.75) is 32.9 Å². The molecule has 0 saturated carbocycles. The Kier molecular flexibility index (Phi) is 5.47. The Morgan fingerprint density at radius 1 is 1.27 bits per heavy atom. The van der Waals surface area contributed by atoms with Gasteiger partial charge in [0, 0.05) is 34.4 Å². The van der Waals surface area contributed by atoms with Gasteiger partial charge < -0.3 is 15.0 Å². The van der Waals surface area contributed by atoms with E-state index >= 15 is 0 Å². The largest absolute Gasteiger partial charge is 0.483 e. The lowest BCUT2D eigenvalue weighted by molar-refractivity contribution is -0.135. The van der Waals surface area contributed by atoms with Crippen molar-refractivity contribution in [3.8, 4) is 5.75 Å². The molecular formula is C20H21ClN2O3. The van der Waals surface area contributed by atoms with E-state index in [0.29, 0.717) is 28.6 Å². The molecule has 2 aromatic rings. The van der Waals surface area contributed by atoms with Crippen LogP contribution in [-0.2, 0) is 11.3 Å². The second kappa shape index (κ2) is 7.79. The molecule has 1 aliphatic rings. The van der Waals surface area contributed by atoms with Crippen molar-refractivity contribution in [1.29, 1.82) is 0 Å². The van der Waals surface area contributed by atoms with Gasteiger partial charge in [0.05, 0.1) is 0 Å². The number of anilines is 1.